The molecular formula is C18H27ClN6O3. The Kier molecular flexibility index (Phi) is 7.41. The highest BCUT2D eigenvalue weighted by Gasteiger charge is 2.22. The van der Waals surface area contributed by atoms with Crippen LogP contribution in [-0.4, -0.2) is 63.4 Å². The number of nitrogens with one attached hydrogen (secondary N) is 1. The molecule has 1 aliphatic rings. The van der Waals surface area contributed by atoms with E-state index in [2.05, 4.69) is 31.7 Å². The number of hydrogen-bond donors (Lipinski definition) is 2. The Morgan fingerprint density at radius 3 is 2.71 bits per heavy atom. The number of rotatable bonds is 10. The third-order valence-corrected chi connectivity index (χ3v) is 4.95. The lowest BCUT2D eigenvalue weighted by Crippen LogP contribution is -2.37. The first-order valence-corrected chi connectivity index (χ1v) is 10.2. The van der Waals surface area contributed by atoms with Gasteiger partial charge < -0.3 is 24.6 Å². The maximum Gasteiger partial charge on any atom is 0.303 e. The summed E-state index contributed by atoms with van der Waals surface area (Å²) in [4.78, 5) is 26.4. The second kappa shape index (κ2) is 9.99. The summed E-state index contributed by atoms with van der Waals surface area (Å²) in [5, 5.41) is 12.3. The molecule has 0 saturated carbocycles. The van der Waals surface area contributed by atoms with Crippen LogP contribution in [0.1, 0.15) is 38.4 Å². The molecule has 28 heavy (non-hydrogen) atoms. The van der Waals surface area contributed by atoms with Crippen molar-refractivity contribution < 1.29 is 14.6 Å². The minimum atomic E-state index is -0.736. The molecule has 1 saturated heterocycles. The Morgan fingerprint density at radius 2 is 2.00 bits per heavy atom. The van der Waals surface area contributed by atoms with Gasteiger partial charge in [-0.3, -0.25) is 4.79 Å². The lowest BCUT2D eigenvalue weighted by Gasteiger charge is -2.27. The predicted molar refractivity (Wildman–Crippen MR) is 107 cm³/mol. The molecule has 0 radical (unpaired) electrons. The minimum Gasteiger partial charge on any atom is -0.481 e. The van der Waals surface area contributed by atoms with Gasteiger partial charge in [0.2, 0.25) is 5.28 Å². The molecule has 0 unspecified atom stereocenters. The minimum absolute atomic E-state index is 0.224. The monoisotopic (exact) mass is 410 g/mol. The van der Waals surface area contributed by atoms with E-state index in [4.69, 9.17) is 26.4 Å². The van der Waals surface area contributed by atoms with Crippen LogP contribution in [0.2, 0.25) is 5.28 Å². The second-order valence-corrected chi connectivity index (χ2v) is 7.08. The standard InChI is InChI=1S/C18H27ClN6O3/c1-2-25-13(12-20-7-5-3-4-6-14(26)27)21-15-16(22-18(19)23-17(15)25)24-8-10-28-11-9-24/h20H,2-12H2,1H3,(H,26,27). The normalized spacial score (nSPS) is 14.7. The molecule has 3 rings (SSSR count). The van der Waals surface area contributed by atoms with Gasteiger partial charge in [-0.1, -0.05) is 6.42 Å². The van der Waals surface area contributed by atoms with Gasteiger partial charge in [0.15, 0.2) is 17.0 Å². The van der Waals surface area contributed by atoms with E-state index in [0.717, 1.165) is 61.8 Å². The van der Waals surface area contributed by atoms with E-state index in [-0.39, 0.29) is 11.7 Å². The van der Waals surface area contributed by atoms with Crippen molar-refractivity contribution in [2.75, 3.05) is 37.7 Å². The molecule has 10 heteroatoms. The number of morpholine rings is 1. The van der Waals surface area contributed by atoms with Crippen LogP contribution in [-0.2, 0) is 22.6 Å². The van der Waals surface area contributed by atoms with Crippen molar-refractivity contribution in [3.8, 4) is 0 Å². The van der Waals surface area contributed by atoms with Crippen molar-refractivity contribution >= 4 is 34.6 Å². The molecule has 0 aromatic carbocycles. The zero-order valence-electron chi connectivity index (χ0n) is 16.2. The molecule has 2 aromatic heterocycles. The number of halogens is 1. The van der Waals surface area contributed by atoms with Crippen LogP contribution >= 0.6 is 11.6 Å². The average Bonchev–Trinajstić information content (AvgIpc) is 3.04. The fourth-order valence-corrected chi connectivity index (χ4v) is 3.53. The van der Waals surface area contributed by atoms with Gasteiger partial charge in [0.05, 0.1) is 19.8 Å². The molecule has 0 atom stereocenters. The van der Waals surface area contributed by atoms with E-state index >= 15 is 0 Å². The summed E-state index contributed by atoms with van der Waals surface area (Å²) < 4.78 is 7.49. The SMILES string of the molecule is CCn1c(CNCCCCCC(=O)O)nc2c(N3CCOCC3)nc(Cl)nc21. The summed E-state index contributed by atoms with van der Waals surface area (Å²) >= 11 is 6.20. The molecule has 9 nitrogen and oxygen atoms in total. The van der Waals surface area contributed by atoms with Crippen molar-refractivity contribution in [1.82, 2.24) is 24.8 Å². The van der Waals surface area contributed by atoms with Crippen LogP contribution in [0.15, 0.2) is 0 Å². The molecule has 2 N–H and O–H groups in total. The van der Waals surface area contributed by atoms with Crippen LogP contribution in [0.5, 0.6) is 0 Å². The molecule has 1 aliphatic heterocycles. The number of aliphatic carboxylic acids is 1. The van der Waals surface area contributed by atoms with Gasteiger partial charge in [0.1, 0.15) is 5.82 Å². The van der Waals surface area contributed by atoms with Crippen molar-refractivity contribution in [3.63, 3.8) is 0 Å². The largest absolute Gasteiger partial charge is 0.481 e. The number of imidazole rings is 1. The molecule has 0 bridgehead atoms. The summed E-state index contributed by atoms with van der Waals surface area (Å²) in [5.74, 6) is 0.926. The van der Waals surface area contributed by atoms with Crippen molar-refractivity contribution in [1.29, 1.82) is 0 Å². The molecule has 3 heterocycles. The van der Waals surface area contributed by atoms with E-state index in [1.165, 1.54) is 0 Å². The number of nitrogens with zero attached hydrogens (tertiary/aromatic N) is 5. The first-order chi connectivity index (χ1) is 13.6. The Balaban J connectivity index is 1.69. The van der Waals surface area contributed by atoms with Crippen LogP contribution < -0.4 is 10.2 Å². The molecule has 0 spiro atoms. The van der Waals surface area contributed by atoms with Crippen molar-refractivity contribution in [2.24, 2.45) is 0 Å². The number of aryl methyl sites for hydroxylation is 1. The summed E-state index contributed by atoms with van der Waals surface area (Å²) in [6.45, 7) is 7.06. The molecule has 0 aliphatic carbocycles. The highest BCUT2D eigenvalue weighted by Crippen LogP contribution is 2.26. The molecular weight excluding hydrogens is 384 g/mol. The third-order valence-electron chi connectivity index (χ3n) is 4.78. The maximum atomic E-state index is 10.5. The Labute approximate surface area is 169 Å². The van der Waals surface area contributed by atoms with Gasteiger partial charge in [-0.25, -0.2) is 4.98 Å². The number of carboxylic acids is 1. The van der Waals surface area contributed by atoms with Crippen LogP contribution in [0, 0.1) is 0 Å². The predicted octanol–water partition coefficient (Wildman–Crippen LogP) is 2.07. The zero-order valence-corrected chi connectivity index (χ0v) is 16.9. The van der Waals surface area contributed by atoms with Gasteiger partial charge in [-0.05, 0) is 37.9 Å². The maximum absolute atomic E-state index is 10.5. The van der Waals surface area contributed by atoms with Crippen LogP contribution in [0.3, 0.4) is 0 Å². The van der Waals surface area contributed by atoms with Gasteiger partial charge in [-0.2, -0.15) is 9.97 Å². The highest BCUT2D eigenvalue weighted by atomic mass is 35.5. The first-order valence-electron chi connectivity index (χ1n) is 9.78. The fourth-order valence-electron chi connectivity index (χ4n) is 3.37. The molecule has 2 aromatic rings. The summed E-state index contributed by atoms with van der Waals surface area (Å²) in [7, 11) is 0. The second-order valence-electron chi connectivity index (χ2n) is 6.74. The summed E-state index contributed by atoms with van der Waals surface area (Å²) in [6, 6.07) is 0. The average molecular weight is 411 g/mol. The quantitative estimate of drug-likeness (QED) is 0.453. The lowest BCUT2D eigenvalue weighted by atomic mass is 10.2. The first kappa shape index (κ1) is 20.8. The molecule has 0 amide bonds. The number of hydrogen-bond acceptors (Lipinski definition) is 7. The van der Waals surface area contributed by atoms with Crippen LogP contribution in [0.25, 0.3) is 11.2 Å². The highest BCUT2D eigenvalue weighted by molar-refractivity contribution is 6.28. The van der Waals surface area contributed by atoms with E-state index in [1.54, 1.807) is 0 Å². The number of anilines is 1. The van der Waals surface area contributed by atoms with Gasteiger partial charge >= 0.3 is 5.97 Å². The Hall–Kier alpha value is -1.97. The van der Waals surface area contributed by atoms with E-state index in [0.29, 0.717) is 26.2 Å². The number of carboxylic acid groups (broad SMARTS) is 1. The Morgan fingerprint density at radius 1 is 1.21 bits per heavy atom. The number of unbranched alkanes of at least 4 members (excludes halogenated alkanes) is 2. The van der Waals surface area contributed by atoms with Crippen molar-refractivity contribution in [3.05, 3.63) is 11.1 Å². The van der Waals surface area contributed by atoms with Crippen molar-refractivity contribution in [2.45, 2.75) is 45.7 Å². The molecule has 1 fully saturated rings. The van der Waals surface area contributed by atoms with Gasteiger partial charge in [-0.15, -0.1) is 0 Å². The topological polar surface area (TPSA) is 105 Å². The summed E-state index contributed by atoms with van der Waals surface area (Å²) in [6.07, 6.45) is 2.77. The van der Waals surface area contributed by atoms with Gasteiger partial charge in [0, 0.05) is 26.1 Å². The van der Waals surface area contributed by atoms with Gasteiger partial charge in [0.25, 0.3) is 0 Å². The van der Waals surface area contributed by atoms with E-state index < -0.39 is 5.97 Å². The van der Waals surface area contributed by atoms with E-state index in [1.807, 2.05) is 0 Å². The zero-order chi connectivity index (χ0) is 19.9. The van der Waals surface area contributed by atoms with Crippen LogP contribution in [0.4, 0.5) is 5.82 Å². The number of ether oxygens (including phenoxy) is 1. The third kappa shape index (κ3) is 5.09. The van der Waals surface area contributed by atoms with E-state index in [9.17, 15) is 4.79 Å². The lowest BCUT2D eigenvalue weighted by molar-refractivity contribution is -0.137. The number of aromatic nitrogens is 4. The number of fused-ring (bicyclic) bond motifs is 1. The smallest absolute Gasteiger partial charge is 0.303 e. The molecule has 154 valence electrons. The number of carbonyl (C=O) groups is 1. The Bertz CT molecular complexity index is 806. The fraction of sp³-hybridized carbons (Fsp3) is 0.667. The summed E-state index contributed by atoms with van der Waals surface area (Å²) in [5.41, 5.74) is 1.52.